The summed E-state index contributed by atoms with van der Waals surface area (Å²) in [5.41, 5.74) is 37.6. The molecule has 0 saturated carbocycles. The molecular weight excluding hydrogens is 1170 g/mol. The highest BCUT2D eigenvalue weighted by Crippen LogP contribution is 2.66. The van der Waals surface area contributed by atoms with Gasteiger partial charge in [-0.3, -0.25) is 0 Å². The summed E-state index contributed by atoms with van der Waals surface area (Å²) in [6.45, 7) is 0. The van der Waals surface area contributed by atoms with Crippen LogP contribution >= 0.6 is 0 Å². The molecule has 2 aliphatic carbocycles. The maximum Gasteiger partial charge on any atom is 0.0726 e. The lowest BCUT2D eigenvalue weighted by Crippen LogP contribution is -2.26. The maximum atomic E-state index is 2.61. The van der Waals surface area contributed by atoms with Gasteiger partial charge in [0.25, 0.3) is 0 Å². The van der Waals surface area contributed by atoms with Crippen molar-refractivity contribution in [1.82, 2.24) is 0 Å². The first kappa shape index (κ1) is 57.2. The second-order valence-electron chi connectivity index (χ2n) is 25.8. The Balaban J connectivity index is 0.936. The molecule has 16 aromatic carbocycles. The first-order valence-electron chi connectivity index (χ1n) is 33.7. The molecular formula is C97H64. The molecule has 0 N–H and O–H groups in total. The van der Waals surface area contributed by atoms with Crippen molar-refractivity contribution in [1.29, 1.82) is 0 Å². The third kappa shape index (κ3) is 10.2. The zero-order valence-electron chi connectivity index (χ0n) is 53.5. The molecule has 2 aliphatic rings. The minimum Gasteiger partial charge on any atom is -0.0622 e. The standard InChI is InChI=1S/C97H64/c1-7-19-65(20-8-1)71-31-37-77(38-32-71)83-55-57-86-91-63-88(80-49-43-74(44-50-80)68-25-13-4-14-26-68)89(81-51-45-75(46-52-81)69-27-15-5-16-28-69)64-94(91)97(92(86)60-83)93-61-84(78-39-33-72(34-40-78)66-21-9-2-10-22-66)56-58-87(93)96-90(82-53-47-76(48-54-82)70-29-17-6-18-30-70)59-85(62-95(96)97)79-41-35-73(36-42-79)67-23-11-3-12-24-67/h1-64H/t97-/m0/s1. The van der Waals surface area contributed by atoms with E-state index in [2.05, 4.69) is 388 Å². The minimum absolute atomic E-state index is 0.831. The summed E-state index contributed by atoms with van der Waals surface area (Å²) in [5.74, 6) is 0. The molecule has 0 unspecified atom stereocenters. The van der Waals surface area contributed by atoms with Crippen molar-refractivity contribution in [3.63, 3.8) is 0 Å². The number of hydrogen-bond acceptors (Lipinski definition) is 0. The highest BCUT2D eigenvalue weighted by Gasteiger charge is 2.53. The first-order chi connectivity index (χ1) is 48.1. The molecule has 0 radical (unpaired) electrons. The number of rotatable bonds is 12. The van der Waals surface area contributed by atoms with E-state index in [-0.39, 0.29) is 0 Å². The predicted molar refractivity (Wildman–Crippen MR) is 408 cm³/mol. The van der Waals surface area contributed by atoms with Gasteiger partial charge < -0.3 is 0 Å². The van der Waals surface area contributed by atoms with Crippen LogP contribution in [0.2, 0.25) is 0 Å². The van der Waals surface area contributed by atoms with Crippen LogP contribution in [0.25, 0.3) is 156 Å². The lowest BCUT2D eigenvalue weighted by Gasteiger charge is -2.32. The van der Waals surface area contributed by atoms with Gasteiger partial charge in [0.15, 0.2) is 0 Å². The molecule has 0 bridgehead atoms. The largest absolute Gasteiger partial charge is 0.0726 e. The molecule has 0 nitrogen and oxygen atoms in total. The third-order valence-electron chi connectivity index (χ3n) is 20.4. The summed E-state index contributed by atoms with van der Waals surface area (Å²) in [4.78, 5) is 0. The van der Waals surface area contributed by atoms with Crippen molar-refractivity contribution in [3.05, 3.63) is 411 Å². The average Bonchev–Trinajstić information content (AvgIpc) is 1.50. The second kappa shape index (κ2) is 24.1. The fourth-order valence-corrected chi connectivity index (χ4v) is 15.5. The molecule has 0 aromatic heterocycles. The quantitative estimate of drug-likeness (QED) is 0.114. The number of fused-ring (bicyclic) bond motifs is 10. The van der Waals surface area contributed by atoms with Gasteiger partial charge in [-0.1, -0.05) is 352 Å². The van der Waals surface area contributed by atoms with Gasteiger partial charge in [0.1, 0.15) is 0 Å². The molecule has 1 atom stereocenters. The van der Waals surface area contributed by atoms with Gasteiger partial charge >= 0.3 is 0 Å². The van der Waals surface area contributed by atoms with Gasteiger partial charge in [0.2, 0.25) is 0 Å². The number of hydrogen-bond donors (Lipinski definition) is 0. The van der Waals surface area contributed by atoms with Crippen LogP contribution in [0.4, 0.5) is 0 Å². The Morgan fingerprint density at radius 2 is 0.340 bits per heavy atom. The van der Waals surface area contributed by atoms with E-state index >= 15 is 0 Å². The van der Waals surface area contributed by atoms with E-state index < -0.39 is 5.41 Å². The van der Waals surface area contributed by atoms with Crippen molar-refractivity contribution in [2.45, 2.75) is 5.41 Å². The highest BCUT2D eigenvalue weighted by molar-refractivity contribution is 6.05. The third-order valence-corrected chi connectivity index (χ3v) is 20.4. The Hall–Kier alpha value is -12.5. The SMILES string of the molecule is c1ccc(-c2ccc(-c3ccc4c(c3)[C@@]3(c5cc(-c6ccc(-c7ccccc7)cc6)c(-c6ccc(-c7ccccc7)cc6)cc5-4)c4cc(-c5ccc(-c6ccccc6)cc5)ccc4-c4c(-c5ccc(-c6ccccc6)cc5)cc(-c5ccc(-c6ccccc6)cc5)cc43)cc2)cc1. The number of benzene rings is 16. The fraction of sp³-hybridized carbons (Fsp3) is 0.0103. The minimum atomic E-state index is -0.831. The van der Waals surface area contributed by atoms with E-state index in [0.717, 1.165) is 16.7 Å². The highest BCUT2D eigenvalue weighted by atomic mass is 14.5. The molecule has 0 saturated heterocycles. The maximum absolute atomic E-state index is 2.61. The lowest BCUT2D eigenvalue weighted by atomic mass is 9.68. The van der Waals surface area contributed by atoms with Crippen molar-refractivity contribution in [2.24, 2.45) is 0 Å². The van der Waals surface area contributed by atoms with Crippen LogP contribution in [0.3, 0.4) is 0 Å². The molecule has 1 spiro atoms. The van der Waals surface area contributed by atoms with Crippen molar-refractivity contribution in [2.75, 3.05) is 0 Å². The smallest absolute Gasteiger partial charge is 0.0622 e. The molecule has 18 rings (SSSR count). The molecule has 452 valence electrons. The Morgan fingerprint density at radius 1 is 0.113 bits per heavy atom. The molecule has 0 aliphatic heterocycles. The van der Waals surface area contributed by atoms with E-state index in [1.165, 1.54) is 161 Å². The molecule has 0 amide bonds. The van der Waals surface area contributed by atoms with Crippen LogP contribution in [0.15, 0.2) is 388 Å². The summed E-state index contributed by atoms with van der Waals surface area (Å²) < 4.78 is 0. The van der Waals surface area contributed by atoms with E-state index in [9.17, 15) is 0 Å². The van der Waals surface area contributed by atoms with Crippen LogP contribution in [0.1, 0.15) is 22.3 Å². The lowest BCUT2D eigenvalue weighted by molar-refractivity contribution is 0.795. The fourth-order valence-electron chi connectivity index (χ4n) is 15.5. The van der Waals surface area contributed by atoms with E-state index in [0.29, 0.717) is 0 Å². The van der Waals surface area contributed by atoms with Gasteiger partial charge in [-0.25, -0.2) is 0 Å². The van der Waals surface area contributed by atoms with Crippen LogP contribution in [-0.2, 0) is 5.41 Å². The Bertz CT molecular complexity index is 5550. The summed E-state index contributed by atoms with van der Waals surface area (Å²) in [5, 5.41) is 0. The second-order valence-corrected chi connectivity index (χ2v) is 25.8. The van der Waals surface area contributed by atoms with Crippen LogP contribution in [0, 0.1) is 0 Å². The Kier molecular flexibility index (Phi) is 14.2. The van der Waals surface area contributed by atoms with Crippen molar-refractivity contribution < 1.29 is 0 Å². The summed E-state index contributed by atoms with van der Waals surface area (Å²) >= 11 is 0. The molecule has 0 heteroatoms. The molecule has 16 aromatic rings. The molecule has 0 fully saturated rings. The predicted octanol–water partition coefficient (Wildman–Crippen LogP) is 26.0. The zero-order valence-corrected chi connectivity index (χ0v) is 53.5. The van der Waals surface area contributed by atoms with Gasteiger partial charge in [0, 0.05) is 0 Å². The molecule has 97 heavy (non-hydrogen) atoms. The Labute approximate surface area is 568 Å². The van der Waals surface area contributed by atoms with Crippen LogP contribution in [0.5, 0.6) is 0 Å². The van der Waals surface area contributed by atoms with Crippen LogP contribution in [-0.4, -0.2) is 0 Å². The van der Waals surface area contributed by atoms with Gasteiger partial charge in [-0.05, 0) is 214 Å². The van der Waals surface area contributed by atoms with Gasteiger partial charge in [-0.15, -0.1) is 0 Å². The zero-order chi connectivity index (χ0) is 64.2. The van der Waals surface area contributed by atoms with Gasteiger partial charge in [0.05, 0.1) is 5.41 Å². The normalized spacial score (nSPS) is 13.2. The topological polar surface area (TPSA) is 0 Å². The Morgan fingerprint density at radius 3 is 0.680 bits per heavy atom. The van der Waals surface area contributed by atoms with E-state index in [4.69, 9.17) is 0 Å². The average molecular weight is 1230 g/mol. The van der Waals surface area contributed by atoms with Crippen molar-refractivity contribution in [3.8, 4) is 156 Å². The van der Waals surface area contributed by atoms with E-state index in [1.54, 1.807) is 0 Å². The summed E-state index contributed by atoms with van der Waals surface area (Å²) in [7, 11) is 0. The summed E-state index contributed by atoms with van der Waals surface area (Å²) in [6.07, 6.45) is 0. The van der Waals surface area contributed by atoms with Crippen molar-refractivity contribution >= 4 is 0 Å². The molecule has 0 heterocycles. The van der Waals surface area contributed by atoms with Crippen LogP contribution < -0.4 is 0 Å². The first-order valence-corrected chi connectivity index (χ1v) is 33.7. The summed E-state index contributed by atoms with van der Waals surface area (Å²) in [6, 6.07) is 145. The monoisotopic (exact) mass is 1230 g/mol. The van der Waals surface area contributed by atoms with Gasteiger partial charge in [-0.2, -0.15) is 0 Å². The van der Waals surface area contributed by atoms with E-state index in [1.807, 2.05) is 0 Å².